The average Bonchev–Trinajstić information content (AvgIpc) is 2.97. The van der Waals surface area contributed by atoms with Crippen LogP contribution in [-0.2, 0) is 23.1 Å². The smallest absolute Gasteiger partial charge is 0.436 e. The molecule has 0 atom stereocenters. The number of aromatic nitrogens is 2. The molecule has 0 aliphatic carbocycles. The molecule has 1 aliphatic heterocycles. The number of nitrogens with two attached hydrogens (primary N) is 1. The summed E-state index contributed by atoms with van der Waals surface area (Å²) in [6.45, 7) is 1.79. The molecule has 164 valence electrons. The van der Waals surface area contributed by atoms with Gasteiger partial charge in [0.1, 0.15) is 12.3 Å². The standard InChI is InChI=1S/C19H21Cl2F3N4O2/c1-11-16(21)17(19(22,23)24)26-28(11)10-15(29)27-7-5-18(25,6-8-27)12-3-4-13(20)14(9-12)30-2/h3-4,9H,5-8,10,25H2,1-2H3. The average molecular weight is 465 g/mol. The summed E-state index contributed by atoms with van der Waals surface area (Å²) in [5, 5.41) is 3.46. The number of hydrogen-bond donors (Lipinski definition) is 1. The predicted octanol–water partition coefficient (Wildman–Crippen LogP) is 4.00. The molecule has 0 bridgehead atoms. The summed E-state index contributed by atoms with van der Waals surface area (Å²) in [5.74, 6) is 0.172. The number of hydrogen-bond acceptors (Lipinski definition) is 4. The van der Waals surface area contributed by atoms with Crippen LogP contribution in [0.4, 0.5) is 13.2 Å². The normalized spacial score (nSPS) is 16.6. The number of rotatable bonds is 4. The van der Waals surface area contributed by atoms with Crippen molar-refractivity contribution < 1.29 is 22.7 Å². The highest BCUT2D eigenvalue weighted by molar-refractivity contribution is 6.32. The van der Waals surface area contributed by atoms with E-state index in [0.29, 0.717) is 36.7 Å². The number of methoxy groups -OCH3 is 1. The largest absolute Gasteiger partial charge is 0.495 e. The zero-order valence-electron chi connectivity index (χ0n) is 16.4. The Labute approximate surface area is 181 Å². The summed E-state index contributed by atoms with van der Waals surface area (Å²) in [6.07, 6.45) is -3.72. The Morgan fingerprint density at radius 1 is 1.30 bits per heavy atom. The molecule has 1 amide bonds. The number of amides is 1. The van der Waals surface area contributed by atoms with Crippen molar-refractivity contribution >= 4 is 29.1 Å². The van der Waals surface area contributed by atoms with Crippen molar-refractivity contribution in [3.63, 3.8) is 0 Å². The predicted molar refractivity (Wildman–Crippen MR) is 107 cm³/mol. The summed E-state index contributed by atoms with van der Waals surface area (Å²) < 4.78 is 45.1. The third kappa shape index (κ3) is 4.38. The van der Waals surface area contributed by atoms with Crippen molar-refractivity contribution in [1.29, 1.82) is 0 Å². The van der Waals surface area contributed by atoms with Gasteiger partial charge in [0.15, 0.2) is 5.69 Å². The monoisotopic (exact) mass is 464 g/mol. The van der Waals surface area contributed by atoms with Crippen LogP contribution in [0.2, 0.25) is 10.0 Å². The number of carbonyl (C=O) groups is 1. The lowest BCUT2D eigenvalue weighted by atomic mass is 9.82. The molecule has 1 aromatic carbocycles. The second-order valence-electron chi connectivity index (χ2n) is 7.29. The van der Waals surface area contributed by atoms with E-state index in [1.54, 1.807) is 17.0 Å². The lowest BCUT2D eigenvalue weighted by Gasteiger charge is -2.39. The first kappa shape index (κ1) is 22.7. The van der Waals surface area contributed by atoms with E-state index < -0.39 is 22.4 Å². The maximum absolute atomic E-state index is 13.0. The van der Waals surface area contributed by atoms with E-state index in [9.17, 15) is 18.0 Å². The van der Waals surface area contributed by atoms with E-state index in [1.807, 2.05) is 6.07 Å². The number of halogens is 5. The van der Waals surface area contributed by atoms with E-state index >= 15 is 0 Å². The molecule has 0 unspecified atom stereocenters. The van der Waals surface area contributed by atoms with Gasteiger partial charge in [-0.3, -0.25) is 9.48 Å². The molecule has 2 N–H and O–H groups in total. The van der Waals surface area contributed by atoms with Crippen LogP contribution in [-0.4, -0.2) is 40.8 Å². The summed E-state index contributed by atoms with van der Waals surface area (Å²) in [7, 11) is 1.52. The second-order valence-corrected chi connectivity index (χ2v) is 8.07. The minimum atomic E-state index is -4.68. The number of likely N-dealkylation sites (tertiary alicyclic amines) is 1. The number of ether oxygens (including phenoxy) is 1. The zero-order valence-corrected chi connectivity index (χ0v) is 17.9. The Hall–Kier alpha value is -1.97. The Bertz CT molecular complexity index is 954. The van der Waals surface area contributed by atoms with E-state index in [1.165, 1.54) is 14.0 Å². The van der Waals surface area contributed by atoms with E-state index in [-0.39, 0.29) is 18.1 Å². The quantitative estimate of drug-likeness (QED) is 0.741. The van der Waals surface area contributed by atoms with Crippen LogP contribution in [0.25, 0.3) is 0 Å². The topological polar surface area (TPSA) is 73.4 Å². The zero-order chi connectivity index (χ0) is 22.3. The van der Waals surface area contributed by atoms with Gasteiger partial charge in [0, 0.05) is 18.6 Å². The fourth-order valence-electron chi connectivity index (χ4n) is 3.50. The van der Waals surface area contributed by atoms with Gasteiger partial charge in [0.05, 0.1) is 22.8 Å². The van der Waals surface area contributed by atoms with Crippen LogP contribution in [0.5, 0.6) is 5.75 Å². The van der Waals surface area contributed by atoms with Gasteiger partial charge in [-0.1, -0.05) is 29.3 Å². The minimum absolute atomic E-state index is 0.0933. The highest BCUT2D eigenvalue weighted by Gasteiger charge is 2.39. The van der Waals surface area contributed by atoms with Crippen LogP contribution >= 0.6 is 23.2 Å². The highest BCUT2D eigenvalue weighted by atomic mass is 35.5. The Kier molecular flexibility index (Phi) is 6.27. The third-order valence-electron chi connectivity index (χ3n) is 5.42. The van der Waals surface area contributed by atoms with Gasteiger partial charge in [-0.25, -0.2) is 0 Å². The van der Waals surface area contributed by atoms with Gasteiger partial charge >= 0.3 is 6.18 Å². The Morgan fingerprint density at radius 3 is 2.47 bits per heavy atom. The molecule has 6 nitrogen and oxygen atoms in total. The summed E-state index contributed by atoms with van der Waals surface area (Å²) in [5.41, 5.74) is 5.66. The Morgan fingerprint density at radius 2 is 1.93 bits per heavy atom. The van der Waals surface area contributed by atoms with Gasteiger partial charge in [0.25, 0.3) is 0 Å². The molecular formula is C19H21Cl2F3N4O2. The number of nitrogens with zero attached hydrogens (tertiary/aromatic N) is 3. The van der Waals surface area contributed by atoms with Crippen LogP contribution in [0, 0.1) is 6.92 Å². The lowest BCUT2D eigenvalue weighted by molar-refractivity contribution is -0.142. The first-order chi connectivity index (χ1) is 14.0. The number of carbonyl (C=O) groups excluding carboxylic acids is 1. The minimum Gasteiger partial charge on any atom is -0.495 e. The van der Waals surface area contributed by atoms with Crippen molar-refractivity contribution in [2.24, 2.45) is 5.73 Å². The second kappa shape index (κ2) is 8.28. The van der Waals surface area contributed by atoms with Gasteiger partial charge < -0.3 is 15.4 Å². The molecule has 1 saturated heterocycles. The number of alkyl halides is 3. The van der Waals surface area contributed by atoms with Gasteiger partial charge in [0.2, 0.25) is 5.91 Å². The van der Waals surface area contributed by atoms with E-state index in [2.05, 4.69) is 5.10 Å². The maximum atomic E-state index is 13.0. The lowest BCUT2D eigenvalue weighted by Crippen LogP contribution is -2.50. The number of benzene rings is 1. The van der Waals surface area contributed by atoms with Crippen LogP contribution in [0.1, 0.15) is 29.8 Å². The molecule has 1 fully saturated rings. The van der Waals surface area contributed by atoms with Crippen molar-refractivity contribution in [2.45, 2.75) is 38.0 Å². The van der Waals surface area contributed by atoms with Crippen molar-refractivity contribution in [3.05, 3.63) is 45.2 Å². The summed E-state index contributed by atoms with van der Waals surface area (Å²) >= 11 is 11.8. The molecule has 11 heteroatoms. The van der Waals surface area contributed by atoms with E-state index in [4.69, 9.17) is 33.7 Å². The molecule has 0 radical (unpaired) electrons. The van der Waals surface area contributed by atoms with Crippen LogP contribution in [0.15, 0.2) is 18.2 Å². The summed E-state index contributed by atoms with van der Waals surface area (Å²) in [4.78, 5) is 14.2. The van der Waals surface area contributed by atoms with Crippen molar-refractivity contribution in [3.8, 4) is 5.75 Å². The van der Waals surface area contributed by atoms with E-state index in [0.717, 1.165) is 10.2 Å². The molecule has 30 heavy (non-hydrogen) atoms. The van der Waals surface area contributed by atoms with Crippen LogP contribution in [0.3, 0.4) is 0 Å². The third-order valence-corrected chi connectivity index (χ3v) is 6.19. The van der Waals surface area contributed by atoms with Crippen molar-refractivity contribution in [1.82, 2.24) is 14.7 Å². The molecule has 0 saturated carbocycles. The molecule has 1 aromatic heterocycles. The van der Waals surface area contributed by atoms with Gasteiger partial charge in [-0.05, 0) is 37.5 Å². The number of piperidine rings is 1. The Balaban J connectivity index is 1.69. The van der Waals surface area contributed by atoms with Gasteiger partial charge in [-0.2, -0.15) is 18.3 Å². The first-order valence-corrected chi connectivity index (χ1v) is 9.92. The molecule has 3 rings (SSSR count). The molecule has 0 spiro atoms. The molecular weight excluding hydrogens is 444 g/mol. The van der Waals surface area contributed by atoms with Gasteiger partial charge in [-0.15, -0.1) is 0 Å². The van der Waals surface area contributed by atoms with Crippen LogP contribution < -0.4 is 10.5 Å². The molecule has 2 aromatic rings. The fraction of sp³-hybridized carbons (Fsp3) is 0.474. The fourth-order valence-corrected chi connectivity index (χ4v) is 3.94. The highest BCUT2D eigenvalue weighted by Crippen LogP contribution is 2.36. The molecule has 1 aliphatic rings. The molecule has 2 heterocycles. The SMILES string of the molecule is COc1cc(C2(N)CCN(C(=O)Cn3nc(C(F)(F)F)c(Cl)c3C)CC2)ccc1Cl. The van der Waals surface area contributed by atoms with Crippen molar-refractivity contribution in [2.75, 3.05) is 20.2 Å². The summed E-state index contributed by atoms with van der Waals surface area (Å²) in [6, 6.07) is 5.33. The first-order valence-electron chi connectivity index (χ1n) is 9.17. The maximum Gasteiger partial charge on any atom is 0.436 e.